The van der Waals surface area contributed by atoms with E-state index in [1.165, 1.54) is 0 Å². The molecule has 3 aliphatic carbocycles. The number of aromatic amines is 1. The van der Waals surface area contributed by atoms with E-state index in [0.29, 0.717) is 61.2 Å². The number of hydrogen-bond acceptors (Lipinski definition) is 10. The van der Waals surface area contributed by atoms with Crippen LogP contribution >= 0.6 is 11.8 Å². The molecule has 0 radical (unpaired) electrons. The Balaban J connectivity index is 1.21. The summed E-state index contributed by atoms with van der Waals surface area (Å²) in [7, 11) is 0. The molecule has 4 fully saturated rings. The highest BCUT2D eigenvalue weighted by Crippen LogP contribution is 2.68. The number of aliphatic hydroxyl groups excluding tert-OH is 1. The second-order valence-corrected chi connectivity index (χ2v) is 15.3. The fourth-order valence-electron chi connectivity index (χ4n) is 9.03. The van der Waals surface area contributed by atoms with Crippen LogP contribution in [-0.2, 0) is 23.9 Å². The van der Waals surface area contributed by atoms with Crippen molar-refractivity contribution < 1.29 is 29.0 Å². The van der Waals surface area contributed by atoms with Crippen LogP contribution < -0.4 is 5.32 Å². The number of thioether (sulfide) groups is 1. The molecule has 1 amide bonds. The summed E-state index contributed by atoms with van der Waals surface area (Å²) in [5.74, 6) is -0.292. The molecule has 6 rings (SSSR count). The number of carbonyl (C=O) groups excluding carboxylic acids is 3. The summed E-state index contributed by atoms with van der Waals surface area (Å²) < 4.78 is 11.8. The number of Topliss-reactive ketones (excluding diaryl/α,β-unsaturated/α-hetero) is 1. The van der Waals surface area contributed by atoms with E-state index in [4.69, 9.17) is 9.47 Å². The van der Waals surface area contributed by atoms with Crippen LogP contribution in [0.4, 0.5) is 5.82 Å². The summed E-state index contributed by atoms with van der Waals surface area (Å²) in [5.41, 5.74) is -1.06. The van der Waals surface area contributed by atoms with Crippen molar-refractivity contribution in [2.45, 2.75) is 77.2 Å². The highest BCUT2D eigenvalue weighted by atomic mass is 32.2. The number of carbonyl (C=O) groups is 3. The van der Waals surface area contributed by atoms with E-state index < -0.39 is 29.0 Å². The van der Waals surface area contributed by atoms with Gasteiger partial charge in [-0.2, -0.15) is 0 Å². The zero-order valence-corrected chi connectivity index (χ0v) is 28.2. The number of hydrogen-bond donors (Lipinski definition) is 3. The minimum atomic E-state index is -0.718. The molecule has 4 aliphatic rings. The quantitative estimate of drug-likeness (QED) is 0.164. The molecule has 3 N–H and O–H groups in total. The Bertz CT molecular complexity index is 1510. The third-order valence-electron chi connectivity index (χ3n) is 12.0. The van der Waals surface area contributed by atoms with E-state index in [9.17, 15) is 19.5 Å². The van der Waals surface area contributed by atoms with Crippen LogP contribution in [0.25, 0.3) is 11.0 Å². The molecule has 12 heteroatoms. The van der Waals surface area contributed by atoms with Gasteiger partial charge in [0.1, 0.15) is 23.4 Å². The van der Waals surface area contributed by atoms with Gasteiger partial charge in [-0.3, -0.25) is 19.3 Å². The lowest BCUT2D eigenvalue weighted by Gasteiger charge is -2.61. The lowest BCUT2D eigenvalue weighted by molar-refractivity contribution is -0.205. The molecule has 1 saturated heterocycles. The molecular formula is C34H47N5O6S. The van der Waals surface area contributed by atoms with E-state index >= 15 is 0 Å². The van der Waals surface area contributed by atoms with Crippen molar-refractivity contribution >= 4 is 46.3 Å². The van der Waals surface area contributed by atoms with Gasteiger partial charge in [-0.25, -0.2) is 9.97 Å². The molecule has 8 atom stereocenters. The van der Waals surface area contributed by atoms with Crippen molar-refractivity contribution in [3.8, 4) is 0 Å². The Kier molecular flexibility index (Phi) is 9.12. The van der Waals surface area contributed by atoms with Crippen molar-refractivity contribution in [3.63, 3.8) is 0 Å². The SMILES string of the molecule is C=C[C@]1(C)C[C@@H](OC(=O)CSc2nc(NC(=O)CN3CCOCC3)c3cc[nH]c3n2)[C@]2(C)[C@H](C)CC[C@]3(CCC(=O)[C@H]32)[C@@H](C)[C@@H]1O. The Hall–Kier alpha value is -2.80. The number of nitrogens with one attached hydrogen (secondary N) is 2. The zero-order chi connectivity index (χ0) is 32.9. The second kappa shape index (κ2) is 12.7. The molecule has 11 nitrogen and oxygen atoms in total. The summed E-state index contributed by atoms with van der Waals surface area (Å²) in [6.07, 6.45) is 5.65. The molecular weight excluding hydrogens is 606 g/mol. The van der Waals surface area contributed by atoms with Gasteiger partial charge in [-0.05, 0) is 49.0 Å². The van der Waals surface area contributed by atoms with Gasteiger partial charge in [0.25, 0.3) is 0 Å². The number of aliphatic hydroxyl groups is 1. The first-order chi connectivity index (χ1) is 21.9. The van der Waals surface area contributed by atoms with Crippen LogP contribution in [0.1, 0.15) is 59.8 Å². The first kappa shape index (κ1) is 33.1. The normalized spacial score (nSPS) is 36.5. The summed E-state index contributed by atoms with van der Waals surface area (Å²) >= 11 is 1.14. The number of fused-ring (bicyclic) bond motifs is 1. The number of ketones is 1. The number of anilines is 1. The Morgan fingerprint density at radius 3 is 2.76 bits per heavy atom. The standard InChI is InChI=1S/C34H47N5O6S/c1-6-32(4)17-24(33(5)20(2)7-10-34(21(3)28(32)43)11-8-23(40)27(33)34)45-26(42)19-46-31-37-29-22(9-12-35-29)30(38-31)36-25(41)18-39-13-15-44-16-14-39/h6,9,12,20-21,24,27-28,43H,1,7-8,10-11,13-19H2,2-5H3,(H2,35,36,37,38,41)/t20-,21+,24-,27+,28+,32-,33+,34+/m1/s1. The number of esters is 1. The maximum absolute atomic E-state index is 13.7. The second-order valence-electron chi connectivity index (χ2n) is 14.4. The summed E-state index contributed by atoms with van der Waals surface area (Å²) in [6.45, 7) is 15.3. The molecule has 0 spiro atoms. The Morgan fingerprint density at radius 2 is 2.02 bits per heavy atom. The van der Waals surface area contributed by atoms with Gasteiger partial charge in [0.15, 0.2) is 5.16 Å². The Morgan fingerprint density at radius 1 is 1.26 bits per heavy atom. The van der Waals surface area contributed by atoms with Gasteiger partial charge < -0.3 is 24.9 Å². The fourth-order valence-corrected chi connectivity index (χ4v) is 9.66. The summed E-state index contributed by atoms with van der Waals surface area (Å²) in [6, 6.07) is 1.80. The van der Waals surface area contributed by atoms with Gasteiger partial charge in [0.2, 0.25) is 5.91 Å². The molecule has 0 unspecified atom stereocenters. The lowest BCUT2D eigenvalue weighted by atomic mass is 9.44. The van der Waals surface area contributed by atoms with Crippen LogP contribution in [0.3, 0.4) is 0 Å². The third kappa shape index (κ3) is 5.69. The summed E-state index contributed by atoms with van der Waals surface area (Å²) in [5, 5.41) is 15.7. The minimum Gasteiger partial charge on any atom is -0.461 e. The average Bonchev–Trinajstić information content (AvgIpc) is 3.66. The Labute approximate surface area is 274 Å². The first-order valence-corrected chi connectivity index (χ1v) is 17.5. The third-order valence-corrected chi connectivity index (χ3v) is 12.8. The molecule has 2 bridgehead atoms. The van der Waals surface area contributed by atoms with Crippen LogP contribution in [0.15, 0.2) is 30.1 Å². The average molecular weight is 654 g/mol. The molecule has 46 heavy (non-hydrogen) atoms. The monoisotopic (exact) mass is 653 g/mol. The van der Waals surface area contributed by atoms with Crippen LogP contribution in [0.2, 0.25) is 0 Å². The molecule has 3 heterocycles. The van der Waals surface area contributed by atoms with Gasteiger partial charge in [-0.1, -0.05) is 45.5 Å². The van der Waals surface area contributed by atoms with Crippen molar-refractivity contribution in [2.75, 3.05) is 43.9 Å². The molecule has 0 aromatic carbocycles. The topological polar surface area (TPSA) is 147 Å². The van der Waals surface area contributed by atoms with E-state index in [-0.39, 0.29) is 47.2 Å². The van der Waals surface area contributed by atoms with E-state index in [0.717, 1.165) is 31.0 Å². The van der Waals surface area contributed by atoms with E-state index in [2.05, 4.69) is 47.6 Å². The van der Waals surface area contributed by atoms with Crippen molar-refractivity contribution in [1.82, 2.24) is 19.9 Å². The van der Waals surface area contributed by atoms with E-state index in [1.807, 2.05) is 11.8 Å². The lowest BCUT2D eigenvalue weighted by Crippen LogP contribution is -2.63. The summed E-state index contributed by atoms with van der Waals surface area (Å²) in [4.78, 5) is 54.4. The molecule has 3 saturated carbocycles. The highest BCUT2D eigenvalue weighted by molar-refractivity contribution is 7.99. The number of nitrogens with zero attached hydrogens (tertiary/aromatic N) is 3. The minimum absolute atomic E-state index is 0.0537. The number of rotatable bonds is 8. The number of aromatic nitrogens is 3. The maximum Gasteiger partial charge on any atom is 0.316 e. The van der Waals surface area contributed by atoms with Gasteiger partial charge in [-0.15, -0.1) is 6.58 Å². The predicted molar refractivity (Wildman–Crippen MR) is 175 cm³/mol. The first-order valence-electron chi connectivity index (χ1n) is 16.5. The van der Waals surface area contributed by atoms with Crippen molar-refractivity contribution in [3.05, 3.63) is 24.9 Å². The molecule has 2 aromatic rings. The predicted octanol–water partition coefficient (Wildman–Crippen LogP) is 4.23. The molecule has 1 aliphatic heterocycles. The maximum atomic E-state index is 13.7. The van der Waals surface area contributed by atoms with Crippen LogP contribution in [0.5, 0.6) is 0 Å². The highest BCUT2D eigenvalue weighted by Gasteiger charge is 2.68. The number of amides is 1. The largest absolute Gasteiger partial charge is 0.461 e. The van der Waals surface area contributed by atoms with Crippen molar-refractivity contribution in [2.24, 2.45) is 34.0 Å². The van der Waals surface area contributed by atoms with Crippen LogP contribution in [-0.4, -0.2) is 93.4 Å². The van der Waals surface area contributed by atoms with Gasteiger partial charge >= 0.3 is 5.97 Å². The number of morpholine rings is 1. The van der Waals surface area contributed by atoms with Gasteiger partial charge in [0.05, 0.1) is 37.0 Å². The van der Waals surface area contributed by atoms with Crippen molar-refractivity contribution in [1.29, 1.82) is 0 Å². The number of ether oxygens (including phenoxy) is 2. The molecule has 2 aromatic heterocycles. The van der Waals surface area contributed by atoms with Crippen LogP contribution in [0, 0.1) is 34.0 Å². The van der Waals surface area contributed by atoms with E-state index in [1.54, 1.807) is 18.3 Å². The smallest absolute Gasteiger partial charge is 0.316 e. The number of H-pyrrole nitrogens is 1. The van der Waals surface area contributed by atoms with Gasteiger partial charge in [0, 0.05) is 42.5 Å². The fraction of sp³-hybridized carbons (Fsp3) is 0.676. The zero-order valence-electron chi connectivity index (χ0n) is 27.3. The molecule has 250 valence electrons.